The van der Waals surface area contributed by atoms with Crippen molar-refractivity contribution in [3.05, 3.63) is 60.7 Å². The van der Waals surface area contributed by atoms with Crippen LogP contribution in [0.25, 0.3) is 0 Å². The smallest absolute Gasteiger partial charge is 0.201 e. The highest BCUT2D eigenvalue weighted by Gasteiger charge is 2.05. The van der Waals surface area contributed by atoms with Gasteiger partial charge in [0, 0.05) is 11.4 Å². The van der Waals surface area contributed by atoms with Crippen molar-refractivity contribution in [1.29, 1.82) is 0 Å². The topological polar surface area (TPSA) is 29.3 Å². The van der Waals surface area contributed by atoms with Gasteiger partial charge in [0.05, 0.1) is 0 Å². The van der Waals surface area contributed by atoms with Crippen LogP contribution in [0.2, 0.25) is 0 Å². The second kappa shape index (κ2) is 4.77. The molecule has 0 amide bonds. The first-order chi connectivity index (χ1) is 7.42. The van der Waals surface area contributed by atoms with Gasteiger partial charge in [-0.1, -0.05) is 36.4 Å². The molecule has 2 aromatic carbocycles. The molecule has 0 spiro atoms. The molecule has 2 rings (SSSR count). The summed E-state index contributed by atoms with van der Waals surface area (Å²) in [6, 6.07) is 20.5. The molecule has 0 heterocycles. The minimum atomic E-state index is -0.735. The number of hydrogen-bond acceptors (Lipinski definition) is 2. The van der Waals surface area contributed by atoms with E-state index in [9.17, 15) is 0 Å². The first kappa shape index (κ1) is 9.95. The summed E-state index contributed by atoms with van der Waals surface area (Å²) in [6.45, 7) is 0. The van der Waals surface area contributed by atoms with Gasteiger partial charge in [0.1, 0.15) is 0 Å². The monoisotopic (exact) mass is 214 g/mol. The number of nitrogens with zero attached hydrogens (tertiary/aromatic N) is 1. The van der Waals surface area contributed by atoms with E-state index in [-0.39, 0.29) is 0 Å². The Balaban J connectivity index is 2.34. The lowest BCUT2D eigenvalue weighted by Gasteiger charge is -2.22. The number of hydrogen-bond donors (Lipinski definition) is 1. The third-order valence-electron chi connectivity index (χ3n) is 2.32. The van der Waals surface area contributed by atoms with Crippen molar-refractivity contribution in [1.82, 2.24) is 0 Å². The molecular formula is C12H14N2Si. The zero-order chi connectivity index (χ0) is 10.5. The average molecular weight is 214 g/mol. The number of anilines is 2. The highest BCUT2D eigenvalue weighted by molar-refractivity contribution is 6.40. The highest BCUT2D eigenvalue weighted by atomic mass is 28.2. The Morgan fingerprint density at radius 3 is 1.47 bits per heavy atom. The van der Waals surface area contributed by atoms with Gasteiger partial charge < -0.3 is 9.96 Å². The van der Waals surface area contributed by atoms with E-state index in [1.807, 2.05) is 36.4 Å². The summed E-state index contributed by atoms with van der Waals surface area (Å²) in [4.78, 5) is 0. The maximum atomic E-state index is 5.90. The first-order valence-corrected chi connectivity index (χ1v) is 6.44. The Kier molecular flexibility index (Phi) is 3.17. The summed E-state index contributed by atoms with van der Waals surface area (Å²) in [5, 5.41) is 5.90. The zero-order valence-corrected chi connectivity index (χ0v) is 9.92. The fourth-order valence-electron chi connectivity index (χ4n) is 1.58. The predicted molar refractivity (Wildman–Crippen MR) is 67.8 cm³/mol. The fraction of sp³-hybridized carbons (Fsp3) is 0. The van der Waals surface area contributed by atoms with Crippen LogP contribution in [0.5, 0.6) is 0 Å². The number of benzene rings is 2. The van der Waals surface area contributed by atoms with Gasteiger partial charge in [-0.15, -0.1) is 0 Å². The molecular weight excluding hydrogens is 200 g/mol. The van der Waals surface area contributed by atoms with E-state index in [4.69, 9.17) is 5.40 Å². The van der Waals surface area contributed by atoms with Gasteiger partial charge in [-0.3, -0.25) is 0 Å². The first-order valence-electron chi connectivity index (χ1n) is 4.99. The van der Waals surface area contributed by atoms with E-state index in [1.165, 1.54) is 11.4 Å². The quantitative estimate of drug-likeness (QED) is 0.789. The summed E-state index contributed by atoms with van der Waals surface area (Å²) in [6.07, 6.45) is 0. The largest absolute Gasteiger partial charge is 0.361 e. The molecule has 15 heavy (non-hydrogen) atoms. The van der Waals surface area contributed by atoms with Crippen LogP contribution in [-0.4, -0.2) is 9.84 Å². The van der Waals surface area contributed by atoms with Crippen molar-refractivity contribution in [3.8, 4) is 0 Å². The molecule has 0 fully saturated rings. The maximum absolute atomic E-state index is 5.90. The van der Waals surface area contributed by atoms with Gasteiger partial charge in [-0.25, -0.2) is 0 Å². The second-order valence-corrected chi connectivity index (χ2v) is 4.28. The fourth-order valence-corrected chi connectivity index (χ4v) is 2.42. The van der Waals surface area contributed by atoms with E-state index < -0.39 is 9.84 Å². The Hall–Kier alpha value is -1.58. The molecule has 2 N–H and O–H groups in total. The lowest BCUT2D eigenvalue weighted by molar-refractivity contribution is 1.38. The Morgan fingerprint density at radius 2 is 1.13 bits per heavy atom. The van der Waals surface area contributed by atoms with Crippen molar-refractivity contribution in [2.45, 2.75) is 0 Å². The molecule has 0 bridgehead atoms. The van der Waals surface area contributed by atoms with E-state index in [0.29, 0.717) is 0 Å². The molecule has 2 nitrogen and oxygen atoms in total. The molecule has 0 unspecified atom stereocenters. The van der Waals surface area contributed by atoms with Crippen molar-refractivity contribution in [3.63, 3.8) is 0 Å². The summed E-state index contributed by atoms with van der Waals surface area (Å²) in [5.74, 6) is 0. The molecule has 0 aliphatic heterocycles. The van der Waals surface area contributed by atoms with E-state index in [1.54, 1.807) is 0 Å². The summed E-state index contributed by atoms with van der Waals surface area (Å²) < 4.78 is 2.21. The number of para-hydroxylation sites is 2. The van der Waals surface area contributed by atoms with Gasteiger partial charge in [-0.2, -0.15) is 0 Å². The lowest BCUT2D eigenvalue weighted by atomic mass is 10.3. The molecule has 2 aromatic rings. The molecule has 0 saturated heterocycles. The Labute approximate surface area is 92.3 Å². The number of nitrogens with two attached hydrogens (primary N) is 1. The van der Waals surface area contributed by atoms with Crippen LogP contribution in [0.4, 0.5) is 11.4 Å². The van der Waals surface area contributed by atoms with Crippen LogP contribution in [0.15, 0.2) is 60.7 Å². The van der Waals surface area contributed by atoms with Crippen molar-refractivity contribution < 1.29 is 0 Å². The van der Waals surface area contributed by atoms with Crippen molar-refractivity contribution >= 4 is 21.2 Å². The van der Waals surface area contributed by atoms with Crippen molar-refractivity contribution in [2.75, 3.05) is 4.57 Å². The molecule has 0 saturated carbocycles. The minimum absolute atomic E-state index is 0.735. The van der Waals surface area contributed by atoms with Gasteiger partial charge in [0.2, 0.25) is 9.84 Å². The van der Waals surface area contributed by atoms with E-state index in [0.717, 1.165) is 0 Å². The molecule has 0 aliphatic carbocycles. The molecule has 0 aromatic heterocycles. The van der Waals surface area contributed by atoms with Gasteiger partial charge in [0.25, 0.3) is 0 Å². The third kappa shape index (κ3) is 2.26. The Morgan fingerprint density at radius 1 is 0.733 bits per heavy atom. The van der Waals surface area contributed by atoms with Crippen LogP contribution in [0, 0.1) is 0 Å². The van der Waals surface area contributed by atoms with E-state index in [2.05, 4.69) is 28.8 Å². The molecule has 0 radical (unpaired) electrons. The van der Waals surface area contributed by atoms with Crippen molar-refractivity contribution in [2.24, 2.45) is 5.40 Å². The zero-order valence-electron chi connectivity index (χ0n) is 8.51. The summed E-state index contributed by atoms with van der Waals surface area (Å²) >= 11 is 0. The Bertz CT molecular complexity index is 363. The molecule has 76 valence electrons. The van der Waals surface area contributed by atoms with E-state index >= 15 is 0 Å². The third-order valence-corrected chi connectivity index (χ3v) is 3.41. The van der Waals surface area contributed by atoms with Gasteiger partial charge >= 0.3 is 0 Å². The van der Waals surface area contributed by atoms with Crippen LogP contribution in [0.1, 0.15) is 0 Å². The molecule has 0 atom stereocenters. The summed E-state index contributed by atoms with van der Waals surface area (Å²) in [7, 11) is -0.735. The average Bonchev–Trinajstić information content (AvgIpc) is 2.33. The standard InChI is InChI=1S/C12H14N2Si/c13-15-14(11-7-3-1-4-8-11)12-9-5-2-6-10-12/h1-10H,13,15H2. The van der Waals surface area contributed by atoms with Crippen LogP contribution < -0.4 is 9.96 Å². The SMILES string of the molecule is N[SiH2]N(c1ccccc1)c1ccccc1. The van der Waals surface area contributed by atoms with Crippen LogP contribution >= 0.6 is 0 Å². The summed E-state index contributed by atoms with van der Waals surface area (Å²) in [5.41, 5.74) is 2.36. The van der Waals surface area contributed by atoms with Crippen LogP contribution in [-0.2, 0) is 0 Å². The van der Waals surface area contributed by atoms with Gasteiger partial charge in [-0.05, 0) is 24.3 Å². The lowest BCUT2D eigenvalue weighted by Crippen LogP contribution is -2.29. The second-order valence-electron chi connectivity index (χ2n) is 3.28. The highest BCUT2D eigenvalue weighted by Crippen LogP contribution is 2.22. The molecule has 3 heteroatoms. The van der Waals surface area contributed by atoms with Crippen LogP contribution in [0.3, 0.4) is 0 Å². The maximum Gasteiger partial charge on any atom is 0.201 e. The van der Waals surface area contributed by atoms with Gasteiger partial charge in [0.15, 0.2) is 0 Å². The normalized spacial score (nSPS) is 10.7. The molecule has 0 aliphatic rings. The number of rotatable bonds is 3. The predicted octanol–water partition coefficient (Wildman–Crippen LogP) is 1.78. The minimum Gasteiger partial charge on any atom is -0.361 e.